The zero-order valence-electron chi connectivity index (χ0n) is 12.4. The third-order valence-electron chi connectivity index (χ3n) is 2.91. The molecule has 0 radical (unpaired) electrons. The molecule has 0 aliphatic rings. The largest absolute Gasteiger partial charge is 0.461 e. The molecule has 1 aromatic heterocycles. The lowest BCUT2D eigenvalue weighted by Gasteiger charge is -2.01. The number of rotatable bonds is 6. The Kier molecular flexibility index (Phi) is 5.78. The number of nitriles is 1. The second-order valence-corrected chi connectivity index (χ2v) is 5.39. The van der Waals surface area contributed by atoms with Gasteiger partial charge < -0.3 is 4.74 Å². The van der Waals surface area contributed by atoms with Gasteiger partial charge in [0.1, 0.15) is 5.01 Å². The van der Waals surface area contributed by atoms with E-state index in [0.29, 0.717) is 5.01 Å². The Bertz CT molecular complexity index is 760. The van der Waals surface area contributed by atoms with E-state index in [1.807, 2.05) is 36.4 Å². The van der Waals surface area contributed by atoms with Gasteiger partial charge in [-0.15, -0.1) is 11.3 Å². The number of ether oxygens (including phenoxy) is 1. The molecule has 1 atom stereocenters. The number of ketones is 1. The molecule has 0 saturated carbocycles. The summed E-state index contributed by atoms with van der Waals surface area (Å²) >= 11 is 1.10. The summed E-state index contributed by atoms with van der Waals surface area (Å²) in [5, 5.41) is 11.0. The van der Waals surface area contributed by atoms with Crippen LogP contribution in [0.4, 0.5) is 0 Å². The Balaban J connectivity index is 2.13. The molecule has 23 heavy (non-hydrogen) atoms. The van der Waals surface area contributed by atoms with Gasteiger partial charge in [-0.1, -0.05) is 36.4 Å². The average Bonchev–Trinajstić information content (AvgIpc) is 3.05. The number of carbonyl (C=O) groups excluding carboxylic acids is 2. The molecular weight excluding hydrogens is 312 g/mol. The van der Waals surface area contributed by atoms with E-state index in [1.54, 1.807) is 13.0 Å². The van der Waals surface area contributed by atoms with Gasteiger partial charge in [0.2, 0.25) is 0 Å². The van der Waals surface area contributed by atoms with E-state index in [4.69, 9.17) is 4.74 Å². The van der Waals surface area contributed by atoms with Crippen LogP contribution >= 0.6 is 11.3 Å². The first-order chi connectivity index (χ1) is 11.2. The quantitative estimate of drug-likeness (QED) is 0.601. The molecule has 0 unspecified atom stereocenters. The van der Waals surface area contributed by atoms with Gasteiger partial charge >= 0.3 is 5.97 Å². The van der Waals surface area contributed by atoms with Gasteiger partial charge in [-0.05, 0) is 18.6 Å². The van der Waals surface area contributed by atoms with Crippen LogP contribution in [-0.2, 0) is 9.53 Å². The predicted octanol–water partition coefficient (Wildman–Crippen LogP) is 3.21. The molecule has 116 valence electrons. The van der Waals surface area contributed by atoms with Crippen molar-refractivity contribution >= 4 is 29.2 Å². The molecule has 5 nitrogen and oxygen atoms in total. The Morgan fingerprint density at radius 3 is 2.78 bits per heavy atom. The second kappa shape index (κ2) is 8.01. The topological polar surface area (TPSA) is 80.0 Å². The maximum Gasteiger partial charge on any atom is 0.357 e. The van der Waals surface area contributed by atoms with E-state index in [1.165, 1.54) is 11.5 Å². The van der Waals surface area contributed by atoms with Gasteiger partial charge in [0, 0.05) is 5.38 Å². The van der Waals surface area contributed by atoms with Crippen LogP contribution < -0.4 is 0 Å². The molecule has 1 aromatic carbocycles. The zero-order chi connectivity index (χ0) is 16.7. The van der Waals surface area contributed by atoms with Crippen LogP contribution in [0.25, 0.3) is 6.08 Å². The number of aromatic nitrogens is 1. The first-order valence-corrected chi connectivity index (χ1v) is 7.82. The minimum atomic E-state index is -1.02. The summed E-state index contributed by atoms with van der Waals surface area (Å²) in [6.07, 6.45) is 3.00. The van der Waals surface area contributed by atoms with Crippen LogP contribution in [-0.4, -0.2) is 23.3 Å². The Hall–Kier alpha value is -2.78. The van der Waals surface area contributed by atoms with E-state index in [0.717, 1.165) is 16.9 Å². The van der Waals surface area contributed by atoms with Crippen molar-refractivity contribution in [3.8, 4) is 6.07 Å². The third-order valence-corrected chi connectivity index (χ3v) is 3.82. The van der Waals surface area contributed by atoms with E-state index >= 15 is 0 Å². The summed E-state index contributed by atoms with van der Waals surface area (Å²) in [7, 11) is 0. The molecule has 0 aliphatic carbocycles. The van der Waals surface area contributed by atoms with Crippen molar-refractivity contribution in [3.05, 3.63) is 58.1 Å². The van der Waals surface area contributed by atoms with Gasteiger partial charge in [0.25, 0.3) is 0 Å². The highest BCUT2D eigenvalue weighted by atomic mass is 32.1. The molecule has 6 heteroatoms. The molecule has 0 bridgehead atoms. The van der Waals surface area contributed by atoms with Crippen LogP contribution in [0.5, 0.6) is 0 Å². The van der Waals surface area contributed by atoms with Crippen molar-refractivity contribution < 1.29 is 14.3 Å². The highest BCUT2D eigenvalue weighted by Gasteiger charge is 2.23. The summed E-state index contributed by atoms with van der Waals surface area (Å²) in [5.41, 5.74) is 0.982. The number of carbonyl (C=O) groups is 2. The smallest absolute Gasteiger partial charge is 0.357 e. The number of hydrogen-bond donors (Lipinski definition) is 0. The second-order valence-electron chi connectivity index (χ2n) is 4.50. The standard InChI is InChI=1S/C17H14N2O3S/c1-2-22-17(21)14-11-23-16(19-14)13(10-18)15(20)9-8-12-6-4-3-5-7-12/h3-9,11,13H,2H2,1H3/b9-8+/t13-/m0/s1. The van der Waals surface area contributed by atoms with E-state index in [2.05, 4.69) is 4.98 Å². The Morgan fingerprint density at radius 2 is 2.13 bits per heavy atom. The number of hydrogen-bond acceptors (Lipinski definition) is 6. The van der Waals surface area contributed by atoms with Crippen LogP contribution in [0.15, 0.2) is 41.8 Å². The zero-order valence-corrected chi connectivity index (χ0v) is 13.2. The normalized spacial score (nSPS) is 11.8. The van der Waals surface area contributed by atoms with Crippen LogP contribution in [0.3, 0.4) is 0 Å². The Morgan fingerprint density at radius 1 is 1.39 bits per heavy atom. The van der Waals surface area contributed by atoms with Crippen molar-refractivity contribution in [2.75, 3.05) is 6.61 Å². The lowest BCUT2D eigenvalue weighted by Crippen LogP contribution is -2.09. The summed E-state index contributed by atoms with van der Waals surface area (Å²) in [5.74, 6) is -1.96. The molecular formula is C17H14N2O3S. The van der Waals surface area contributed by atoms with Crippen molar-refractivity contribution in [2.24, 2.45) is 0 Å². The van der Waals surface area contributed by atoms with E-state index in [-0.39, 0.29) is 18.1 Å². The van der Waals surface area contributed by atoms with Gasteiger partial charge in [-0.3, -0.25) is 4.79 Å². The number of nitrogens with zero attached hydrogens (tertiary/aromatic N) is 2. The van der Waals surface area contributed by atoms with Crippen molar-refractivity contribution in [2.45, 2.75) is 12.8 Å². The summed E-state index contributed by atoms with van der Waals surface area (Å²) in [6, 6.07) is 11.2. The maximum absolute atomic E-state index is 12.2. The minimum absolute atomic E-state index is 0.118. The fourth-order valence-corrected chi connectivity index (χ4v) is 2.64. The molecule has 2 aromatic rings. The first kappa shape index (κ1) is 16.6. The lowest BCUT2D eigenvalue weighted by molar-refractivity contribution is -0.114. The van der Waals surface area contributed by atoms with Crippen molar-refractivity contribution in [1.29, 1.82) is 5.26 Å². The van der Waals surface area contributed by atoms with Gasteiger partial charge in [0.15, 0.2) is 17.4 Å². The number of thiazole rings is 1. The van der Waals surface area contributed by atoms with Gasteiger partial charge in [-0.25, -0.2) is 9.78 Å². The fourth-order valence-electron chi connectivity index (χ4n) is 1.80. The van der Waals surface area contributed by atoms with Crippen LogP contribution in [0.2, 0.25) is 0 Å². The van der Waals surface area contributed by atoms with Crippen LogP contribution in [0, 0.1) is 11.3 Å². The number of esters is 1. The van der Waals surface area contributed by atoms with Gasteiger partial charge in [0.05, 0.1) is 12.7 Å². The highest BCUT2D eigenvalue weighted by Crippen LogP contribution is 2.22. The fraction of sp³-hybridized carbons (Fsp3) is 0.176. The molecule has 0 amide bonds. The molecule has 0 spiro atoms. The SMILES string of the molecule is CCOC(=O)c1csc([C@@H](C#N)C(=O)/C=C/c2ccccc2)n1. The molecule has 0 fully saturated rings. The lowest BCUT2D eigenvalue weighted by atomic mass is 10.1. The predicted molar refractivity (Wildman–Crippen MR) is 86.9 cm³/mol. The molecule has 0 saturated heterocycles. The number of allylic oxidation sites excluding steroid dienone is 1. The highest BCUT2D eigenvalue weighted by molar-refractivity contribution is 7.10. The number of benzene rings is 1. The van der Waals surface area contributed by atoms with Crippen LogP contribution in [0.1, 0.15) is 33.9 Å². The van der Waals surface area contributed by atoms with Crippen molar-refractivity contribution in [3.63, 3.8) is 0 Å². The molecule has 2 rings (SSSR count). The average molecular weight is 326 g/mol. The molecule has 1 heterocycles. The summed E-state index contributed by atoms with van der Waals surface area (Å²) < 4.78 is 4.84. The minimum Gasteiger partial charge on any atom is -0.461 e. The molecule has 0 N–H and O–H groups in total. The Labute approximate surface area is 137 Å². The summed E-state index contributed by atoms with van der Waals surface area (Å²) in [6.45, 7) is 1.94. The maximum atomic E-state index is 12.2. The third kappa shape index (κ3) is 4.34. The monoisotopic (exact) mass is 326 g/mol. The first-order valence-electron chi connectivity index (χ1n) is 6.94. The summed E-state index contributed by atoms with van der Waals surface area (Å²) in [4.78, 5) is 27.8. The van der Waals surface area contributed by atoms with Crippen molar-refractivity contribution in [1.82, 2.24) is 4.98 Å². The van der Waals surface area contributed by atoms with Gasteiger partial charge in [-0.2, -0.15) is 5.26 Å². The van der Waals surface area contributed by atoms with E-state index in [9.17, 15) is 14.9 Å². The molecule has 0 aliphatic heterocycles. The van der Waals surface area contributed by atoms with E-state index < -0.39 is 11.9 Å².